The van der Waals surface area contributed by atoms with Crippen LogP contribution in [0.1, 0.15) is 37.8 Å². The molecule has 1 heterocycles. The number of benzene rings is 1. The lowest BCUT2D eigenvalue weighted by molar-refractivity contribution is 0.194. The maximum atomic E-state index is 10.1. The minimum absolute atomic E-state index is 0.483. The lowest BCUT2D eigenvalue weighted by Crippen LogP contribution is -2.58. The first-order chi connectivity index (χ1) is 10.7. The maximum absolute atomic E-state index is 10.1. The Labute approximate surface area is 137 Å². The van der Waals surface area contributed by atoms with Gasteiger partial charge in [-0.25, -0.2) is 0 Å². The molecule has 3 heteroatoms. The predicted molar refractivity (Wildman–Crippen MR) is 95.7 cm³/mol. The third-order valence-corrected chi connectivity index (χ3v) is 6.30. The summed E-state index contributed by atoms with van der Waals surface area (Å²) in [5, 5.41) is 13.8. The van der Waals surface area contributed by atoms with Crippen LogP contribution in [-0.2, 0) is 12.8 Å². The van der Waals surface area contributed by atoms with E-state index >= 15 is 0 Å². The Morgan fingerprint density at radius 1 is 1.23 bits per heavy atom. The van der Waals surface area contributed by atoms with Gasteiger partial charge in [0.15, 0.2) is 5.00 Å². The molecule has 0 amide bonds. The van der Waals surface area contributed by atoms with Gasteiger partial charge in [-0.15, -0.1) is 0 Å². The van der Waals surface area contributed by atoms with Gasteiger partial charge in [0.25, 0.3) is 0 Å². The molecular formula is C19H26NOS+. The van der Waals surface area contributed by atoms with Crippen LogP contribution in [0.15, 0.2) is 35.7 Å². The van der Waals surface area contributed by atoms with Crippen molar-refractivity contribution < 1.29 is 5.11 Å². The second-order valence-electron chi connectivity index (χ2n) is 6.34. The molecule has 0 bridgehead atoms. The first-order valence-electron chi connectivity index (χ1n) is 8.41. The molecule has 0 radical (unpaired) electrons. The SMILES string of the molecule is CCC[N@+](CC)(c1cccs1)C1CCc2c(O)cccc2C1. The minimum Gasteiger partial charge on any atom is -0.508 e. The Morgan fingerprint density at radius 3 is 2.77 bits per heavy atom. The van der Waals surface area contributed by atoms with Crippen LogP contribution in [0.2, 0.25) is 0 Å². The van der Waals surface area contributed by atoms with E-state index in [-0.39, 0.29) is 0 Å². The fourth-order valence-electron chi connectivity index (χ4n) is 4.16. The number of phenols is 1. The van der Waals surface area contributed by atoms with Gasteiger partial charge in [-0.3, -0.25) is 4.48 Å². The molecule has 22 heavy (non-hydrogen) atoms. The smallest absolute Gasteiger partial charge is 0.188 e. The van der Waals surface area contributed by atoms with E-state index in [1.54, 1.807) is 0 Å². The van der Waals surface area contributed by atoms with Gasteiger partial charge in [-0.1, -0.05) is 30.4 Å². The number of fused-ring (bicyclic) bond motifs is 1. The van der Waals surface area contributed by atoms with E-state index in [9.17, 15) is 5.11 Å². The Hall–Kier alpha value is -1.32. The summed E-state index contributed by atoms with van der Waals surface area (Å²) in [6.45, 7) is 6.97. The molecule has 1 aliphatic carbocycles. The van der Waals surface area contributed by atoms with Crippen LogP contribution in [0.25, 0.3) is 0 Å². The fourth-order valence-corrected chi connectivity index (χ4v) is 5.19. The van der Waals surface area contributed by atoms with E-state index in [1.165, 1.54) is 29.1 Å². The second kappa shape index (κ2) is 6.43. The Bertz CT molecular complexity index is 622. The molecule has 1 aliphatic rings. The zero-order valence-electron chi connectivity index (χ0n) is 13.6. The van der Waals surface area contributed by atoms with Crippen molar-refractivity contribution in [1.29, 1.82) is 0 Å². The van der Waals surface area contributed by atoms with E-state index in [0.717, 1.165) is 30.3 Å². The molecular weight excluding hydrogens is 290 g/mol. The van der Waals surface area contributed by atoms with E-state index in [2.05, 4.69) is 37.4 Å². The first kappa shape index (κ1) is 15.6. The number of nitrogens with zero attached hydrogens (tertiary/aromatic N) is 1. The van der Waals surface area contributed by atoms with Gasteiger partial charge in [-0.2, -0.15) is 0 Å². The van der Waals surface area contributed by atoms with Crippen molar-refractivity contribution in [2.24, 2.45) is 0 Å². The molecule has 1 unspecified atom stereocenters. The highest BCUT2D eigenvalue weighted by atomic mass is 32.1. The zero-order chi connectivity index (χ0) is 15.6. The Balaban J connectivity index is 1.97. The van der Waals surface area contributed by atoms with E-state index in [0.29, 0.717) is 11.8 Å². The summed E-state index contributed by atoms with van der Waals surface area (Å²) in [5.41, 5.74) is 2.52. The summed E-state index contributed by atoms with van der Waals surface area (Å²) in [4.78, 5) is 0. The van der Waals surface area contributed by atoms with Crippen molar-refractivity contribution in [1.82, 2.24) is 4.48 Å². The van der Waals surface area contributed by atoms with Crippen molar-refractivity contribution in [3.63, 3.8) is 0 Å². The molecule has 3 rings (SSSR count). The lowest BCUT2D eigenvalue weighted by atomic mass is 9.85. The summed E-state index contributed by atoms with van der Waals surface area (Å²) >= 11 is 1.90. The fraction of sp³-hybridized carbons (Fsp3) is 0.474. The van der Waals surface area contributed by atoms with Gasteiger partial charge in [-0.05, 0) is 48.4 Å². The van der Waals surface area contributed by atoms with Crippen molar-refractivity contribution in [3.8, 4) is 5.75 Å². The highest BCUT2D eigenvalue weighted by Crippen LogP contribution is 2.38. The molecule has 2 nitrogen and oxygen atoms in total. The molecule has 0 saturated carbocycles. The summed E-state index contributed by atoms with van der Waals surface area (Å²) < 4.78 is 1.10. The van der Waals surface area contributed by atoms with Crippen molar-refractivity contribution in [3.05, 3.63) is 46.8 Å². The van der Waals surface area contributed by atoms with E-state index in [4.69, 9.17) is 0 Å². The van der Waals surface area contributed by atoms with Gasteiger partial charge in [0.1, 0.15) is 5.75 Å². The van der Waals surface area contributed by atoms with Gasteiger partial charge in [0.2, 0.25) is 0 Å². The molecule has 2 atom stereocenters. The molecule has 2 aromatic rings. The topological polar surface area (TPSA) is 20.2 Å². The molecule has 0 saturated heterocycles. The van der Waals surface area contributed by atoms with Gasteiger partial charge < -0.3 is 5.11 Å². The normalized spacial score (nSPS) is 20.4. The van der Waals surface area contributed by atoms with Crippen molar-refractivity contribution in [2.75, 3.05) is 13.1 Å². The molecule has 1 aromatic heterocycles. The van der Waals surface area contributed by atoms with Crippen molar-refractivity contribution in [2.45, 2.75) is 45.6 Å². The minimum atomic E-state index is 0.483. The molecule has 1 N–H and O–H groups in total. The number of aromatic hydroxyl groups is 1. The number of thiophene rings is 1. The highest BCUT2D eigenvalue weighted by Gasteiger charge is 2.40. The van der Waals surface area contributed by atoms with Gasteiger partial charge >= 0.3 is 0 Å². The number of likely N-dealkylation sites (N-methyl/N-ethyl adjacent to an activating group) is 1. The monoisotopic (exact) mass is 316 g/mol. The standard InChI is InChI=1S/C19H25NOS/c1-3-12-20(4-2,19-9-6-13-22-19)16-10-11-17-15(14-16)7-5-8-18(17)21/h5-9,13,16H,3-4,10-12,14H2,1-2H3/p+1/t16?,20-/m0/s1. The lowest BCUT2D eigenvalue weighted by Gasteiger charge is -2.44. The quantitative estimate of drug-likeness (QED) is 0.789. The number of rotatable bonds is 5. The number of phenolic OH excluding ortho intramolecular Hbond substituents is 1. The largest absolute Gasteiger partial charge is 0.508 e. The highest BCUT2D eigenvalue weighted by molar-refractivity contribution is 7.13. The van der Waals surface area contributed by atoms with Crippen LogP contribution in [0.4, 0.5) is 5.00 Å². The van der Waals surface area contributed by atoms with Gasteiger partial charge in [0, 0.05) is 18.9 Å². The summed E-state index contributed by atoms with van der Waals surface area (Å²) in [5.74, 6) is 0.483. The van der Waals surface area contributed by atoms with E-state index in [1.807, 2.05) is 23.5 Å². The first-order valence-corrected chi connectivity index (χ1v) is 9.29. The molecule has 0 aliphatic heterocycles. The summed E-state index contributed by atoms with van der Waals surface area (Å²) in [6.07, 6.45) is 4.45. The van der Waals surface area contributed by atoms with Crippen LogP contribution in [0, 0.1) is 0 Å². The molecule has 118 valence electrons. The zero-order valence-corrected chi connectivity index (χ0v) is 14.4. The third-order valence-electron chi connectivity index (χ3n) is 5.26. The average Bonchev–Trinajstić information content (AvgIpc) is 3.07. The molecule has 0 fully saturated rings. The number of hydrogen-bond donors (Lipinski definition) is 1. The molecule has 0 spiro atoms. The van der Waals surface area contributed by atoms with Gasteiger partial charge in [0.05, 0.1) is 19.1 Å². The van der Waals surface area contributed by atoms with Crippen LogP contribution in [0.3, 0.4) is 0 Å². The van der Waals surface area contributed by atoms with Crippen LogP contribution in [0.5, 0.6) is 5.75 Å². The maximum Gasteiger partial charge on any atom is 0.188 e. The van der Waals surface area contributed by atoms with Crippen LogP contribution < -0.4 is 4.48 Å². The Morgan fingerprint density at radius 2 is 2.09 bits per heavy atom. The van der Waals surface area contributed by atoms with Crippen molar-refractivity contribution >= 4 is 16.3 Å². The third kappa shape index (κ3) is 2.57. The summed E-state index contributed by atoms with van der Waals surface area (Å²) in [7, 11) is 0. The summed E-state index contributed by atoms with van der Waals surface area (Å²) in [6, 6.07) is 11.1. The van der Waals surface area contributed by atoms with E-state index < -0.39 is 0 Å². The number of quaternary nitrogens is 1. The second-order valence-corrected chi connectivity index (χ2v) is 7.26. The average molecular weight is 316 g/mol. The predicted octanol–water partition coefficient (Wildman–Crippen LogP) is 4.75. The number of hydrogen-bond acceptors (Lipinski definition) is 2. The van der Waals surface area contributed by atoms with Crippen LogP contribution in [-0.4, -0.2) is 24.2 Å². The molecule has 1 aromatic carbocycles. The van der Waals surface area contributed by atoms with Crippen LogP contribution >= 0.6 is 11.3 Å². The Kier molecular flexibility index (Phi) is 4.55.